The van der Waals surface area contributed by atoms with Crippen LogP contribution in [0.5, 0.6) is 0 Å². The molecule has 0 bridgehead atoms. The topological polar surface area (TPSA) is 56.2 Å². The number of hydrogen-bond acceptors (Lipinski definition) is 3. The highest BCUT2D eigenvalue weighted by molar-refractivity contribution is 5.94. The van der Waals surface area contributed by atoms with Crippen molar-refractivity contribution in [3.8, 4) is 0 Å². The number of fused-ring (bicyclic) bond motifs is 1. The molecule has 1 aromatic heterocycles. The lowest BCUT2D eigenvalue weighted by molar-refractivity contribution is 0.0906. The van der Waals surface area contributed by atoms with Gasteiger partial charge in [0.05, 0.1) is 13.2 Å². The average molecular weight is 291 g/mol. The SMILES string of the molecule is CCn1nc(C(=O)NC2CCCCCC2)c2c1CCOC2. The van der Waals surface area contributed by atoms with E-state index in [9.17, 15) is 4.79 Å². The molecular weight excluding hydrogens is 266 g/mol. The summed E-state index contributed by atoms with van der Waals surface area (Å²) in [7, 11) is 0. The predicted octanol–water partition coefficient (Wildman–Crippen LogP) is 2.43. The molecule has 5 nitrogen and oxygen atoms in total. The van der Waals surface area contributed by atoms with Gasteiger partial charge in [-0.3, -0.25) is 9.48 Å². The summed E-state index contributed by atoms with van der Waals surface area (Å²) in [6.07, 6.45) is 8.07. The van der Waals surface area contributed by atoms with Crippen molar-refractivity contribution < 1.29 is 9.53 Å². The summed E-state index contributed by atoms with van der Waals surface area (Å²) in [5, 5.41) is 7.72. The lowest BCUT2D eigenvalue weighted by Gasteiger charge is -2.17. The molecule has 1 amide bonds. The maximum absolute atomic E-state index is 12.6. The second kappa shape index (κ2) is 6.60. The zero-order valence-electron chi connectivity index (χ0n) is 12.9. The number of nitrogens with one attached hydrogen (secondary N) is 1. The number of carbonyl (C=O) groups is 1. The van der Waals surface area contributed by atoms with Gasteiger partial charge in [-0.15, -0.1) is 0 Å². The van der Waals surface area contributed by atoms with Crippen LogP contribution in [0.2, 0.25) is 0 Å². The van der Waals surface area contributed by atoms with Crippen LogP contribution in [0.3, 0.4) is 0 Å². The average Bonchev–Trinajstić information content (AvgIpc) is 2.69. The maximum Gasteiger partial charge on any atom is 0.272 e. The van der Waals surface area contributed by atoms with Crippen molar-refractivity contribution in [2.24, 2.45) is 0 Å². The van der Waals surface area contributed by atoms with Gasteiger partial charge in [0.1, 0.15) is 0 Å². The molecule has 0 aromatic carbocycles. The first-order valence-corrected chi connectivity index (χ1v) is 8.26. The summed E-state index contributed by atoms with van der Waals surface area (Å²) in [6.45, 7) is 4.11. The van der Waals surface area contributed by atoms with Crippen molar-refractivity contribution in [2.45, 2.75) is 71.1 Å². The van der Waals surface area contributed by atoms with Gasteiger partial charge in [0, 0.05) is 30.3 Å². The fraction of sp³-hybridized carbons (Fsp3) is 0.750. The lowest BCUT2D eigenvalue weighted by atomic mass is 10.1. The summed E-state index contributed by atoms with van der Waals surface area (Å²) in [5.41, 5.74) is 2.75. The molecule has 0 spiro atoms. The molecular formula is C16H25N3O2. The zero-order valence-corrected chi connectivity index (χ0v) is 12.9. The van der Waals surface area contributed by atoms with Crippen LogP contribution in [0, 0.1) is 0 Å². The molecule has 0 atom stereocenters. The van der Waals surface area contributed by atoms with Gasteiger partial charge in [-0.2, -0.15) is 5.10 Å². The Labute approximate surface area is 126 Å². The Bertz CT molecular complexity index is 502. The number of nitrogens with zero attached hydrogens (tertiary/aromatic N) is 2. The predicted molar refractivity (Wildman–Crippen MR) is 80.2 cm³/mol. The molecule has 0 unspecified atom stereocenters. The van der Waals surface area contributed by atoms with E-state index in [0.29, 0.717) is 18.3 Å². The summed E-state index contributed by atoms with van der Waals surface area (Å²) in [6, 6.07) is 0.312. The molecule has 1 aliphatic carbocycles. The summed E-state index contributed by atoms with van der Waals surface area (Å²) in [5.74, 6) is -0.0177. The fourth-order valence-electron chi connectivity index (χ4n) is 3.43. The van der Waals surface area contributed by atoms with Gasteiger partial charge in [0.2, 0.25) is 0 Å². The highest BCUT2D eigenvalue weighted by Gasteiger charge is 2.26. The Morgan fingerprint density at radius 1 is 1.33 bits per heavy atom. The smallest absolute Gasteiger partial charge is 0.272 e. The zero-order chi connectivity index (χ0) is 14.7. The molecule has 2 aliphatic rings. The van der Waals surface area contributed by atoms with Crippen LogP contribution in [0.25, 0.3) is 0 Å². The van der Waals surface area contributed by atoms with Crippen LogP contribution in [-0.2, 0) is 24.3 Å². The molecule has 5 heteroatoms. The van der Waals surface area contributed by atoms with Crippen LogP contribution in [-0.4, -0.2) is 28.3 Å². The van der Waals surface area contributed by atoms with Crippen LogP contribution in [0.15, 0.2) is 0 Å². The number of aryl methyl sites for hydroxylation is 1. The first-order valence-electron chi connectivity index (χ1n) is 8.26. The van der Waals surface area contributed by atoms with Crippen molar-refractivity contribution in [3.05, 3.63) is 17.0 Å². The normalized spacial score (nSPS) is 19.9. The second-order valence-electron chi connectivity index (χ2n) is 6.05. The van der Waals surface area contributed by atoms with Crippen LogP contribution in [0.1, 0.15) is 67.2 Å². The van der Waals surface area contributed by atoms with E-state index in [1.807, 2.05) is 4.68 Å². The number of aromatic nitrogens is 2. The molecule has 1 aromatic rings. The van der Waals surface area contributed by atoms with E-state index < -0.39 is 0 Å². The Morgan fingerprint density at radius 2 is 2.10 bits per heavy atom. The Balaban J connectivity index is 1.76. The third-order valence-corrected chi connectivity index (χ3v) is 4.60. The molecule has 2 heterocycles. The minimum Gasteiger partial charge on any atom is -0.376 e. The molecule has 1 aliphatic heterocycles. The third-order valence-electron chi connectivity index (χ3n) is 4.60. The summed E-state index contributed by atoms with van der Waals surface area (Å²) in [4.78, 5) is 12.6. The van der Waals surface area contributed by atoms with Gasteiger partial charge < -0.3 is 10.1 Å². The van der Waals surface area contributed by atoms with E-state index in [4.69, 9.17) is 4.74 Å². The van der Waals surface area contributed by atoms with E-state index in [0.717, 1.165) is 38.0 Å². The Morgan fingerprint density at radius 3 is 2.81 bits per heavy atom. The van der Waals surface area contributed by atoms with E-state index in [2.05, 4.69) is 17.3 Å². The highest BCUT2D eigenvalue weighted by Crippen LogP contribution is 2.22. The summed E-state index contributed by atoms with van der Waals surface area (Å²) < 4.78 is 7.48. The van der Waals surface area contributed by atoms with E-state index >= 15 is 0 Å². The fourth-order valence-corrected chi connectivity index (χ4v) is 3.43. The van der Waals surface area contributed by atoms with Crippen molar-refractivity contribution in [2.75, 3.05) is 6.61 Å². The number of amides is 1. The lowest BCUT2D eigenvalue weighted by Crippen LogP contribution is -2.35. The molecule has 21 heavy (non-hydrogen) atoms. The van der Waals surface area contributed by atoms with Gasteiger partial charge in [0.25, 0.3) is 5.91 Å². The molecule has 3 rings (SSSR count). The molecule has 1 saturated carbocycles. The van der Waals surface area contributed by atoms with Crippen molar-refractivity contribution in [1.29, 1.82) is 0 Å². The number of carbonyl (C=O) groups excluding carboxylic acids is 1. The van der Waals surface area contributed by atoms with Crippen molar-refractivity contribution >= 4 is 5.91 Å². The molecule has 0 radical (unpaired) electrons. The van der Waals surface area contributed by atoms with E-state index in [1.165, 1.54) is 31.4 Å². The van der Waals surface area contributed by atoms with Crippen molar-refractivity contribution in [3.63, 3.8) is 0 Å². The summed E-state index contributed by atoms with van der Waals surface area (Å²) >= 11 is 0. The van der Waals surface area contributed by atoms with Crippen molar-refractivity contribution in [1.82, 2.24) is 15.1 Å². The van der Waals surface area contributed by atoms with Gasteiger partial charge in [-0.05, 0) is 19.8 Å². The second-order valence-corrected chi connectivity index (χ2v) is 6.05. The van der Waals surface area contributed by atoms with Gasteiger partial charge >= 0.3 is 0 Å². The van der Waals surface area contributed by atoms with Crippen LogP contribution < -0.4 is 5.32 Å². The minimum atomic E-state index is -0.0177. The molecule has 0 saturated heterocycles. The number of hydrogen-bond donors (Lipinski definition) is 1. The monoisotopic (exact) mass is 291 g/mol. The third kappa shape index (κ3) is 3.12. The highest BCUT2D eigenvalue weighted by atomic mass is 16.5. The Hall–Kier alpha value is -1.36. The van der Waals surface area contributed by atoms with Gasteiger partial charge in [0.15, 0.2) is 5.69 Å². The van der Waals surface area contributed by atoms with Crippen LogP contribution in [0.4, 0.5) is 0 Å². The van der Waals surface area contributed by atoms with Crippen LogP contribution >= 0.6 is 0 Å². The van der Waals surface area contributed by atoms with Gasteiger partial charge in [-0.1, -0.05) is 25.7 Å². The number of ether oxygens (including phenoxy) is 1. The molecule has 1 N–H and O–H groups in total. The molecule has 1 fully saturated rings. The quantitative estimate of drug-likeness (QED) is 0.870. The first-order chi connectivity index (χ1) is 10.3. The first kappa shape index (κ1) is 14.6. The van der Waals surface area contributed by atoms with E-state index in [-0.39, 0.29) is 5.91 Å². The maximum atomic E-state index is 12.6. The van der Waals surface area contributed by atoms with E-state index in [1.54, 1.807) is 0 Å². The number of rotatable bonds is 3. The standard InChI is InChI=1S/C16H25N3O2/c1-2-19-14-9-10-21-11-13(14)15(18-19)16(20)17-12-7-5-3-4-6-8-12/h12H,2-11H2,1H3,(H,17,20). The minimum absolute atomic E-state index is 0.0177. The largest absolute Gasteiger partial charge is 0.376 e. The molecule has 116 valence electrons. The van der Waals surface area contributed by atoms with Gasteiger partial charge in [-0.25, -0.2) is 0 Å². The Kier molecular flexibility index (Phi) is 4.58.